The molecule has 20 heavy (non-hydrogen) atoms. The average molecular weight is 274 g/mol. The minimum atomic E-state index is -0.537. The van der Waals surface area contributed by atoms with Crippen molar-refractivity contribution in [1.29, 1.82) is 0 Å². The van der Waals surface area contributed by atoms with Crippen molar-refractivity contribution in [3.63, 3.8) is 0 Å². The van der Waals surface area contributed by atoms with Gasteiger partial charge in [-0.15, -0.1) is 0 Å². The zero-order chi connectivity index (χ0) is 14.3. The molecule has 3 aromatic rings. The van der Waals surface area contributed by atoms with Crippen LogP contribution in [0.15, 0.2) is 33.9 Å². The second-order valence-corrected chi connectivity index (χ2v) is 4.30. The van der Waals surface area contributed by atoms with Gasteiger partial charge in [-0.3, -0.25) is 14.3 Å². The van der Waals surface area contributed by atoms with Crippen LogP contribution in [-0.2, 0) is 6.54 Å². The third-order valence-electron chi connectivity index (χ3n) is 3.05. The van der Waals surface area contributed by atoms with E-state index in [1.807, 2.05) is 0 Å². The molecule has 0 aliphatic heterocycles. The van der Waals surface area contributed by atoms with Crippen molar-refractivity contribution >= 4 is 11.2 Å². The number of aromatic amines is 2. The molecule has 0 spiro atoms. The monoisotopic (exact) mass is 274 g/mol. The summed E-state index contributed by atoms with van der Waals surface area (Å²) in [5.41, 5.74) is -0.0749. The molecule has 2 N–H and O–H groups in total. The Morgan fingerprint density at radius 2 is 2.10 bits per heavy atom. The summed E-state index contributed by atoms with van der Waals surface area (Å²) in [5, 5.41) is 0. The largest absolute Gasteiger partial charge is 0.332 e. The van der Waals surface area contributed by atoms with Crippen molar-refractivity contribution in [2.75, 3.05) is 0 Å². The minimum absolute atomic E-state index is 0.200. The maximum Gasteiger partial charge on any atom is 0.330 e. The van der Waals surface area contributed by atoms with Crippen molar-refractivity contribution in [2.45, 2.75) is 13.5 Å². The Labute approximate surface area is 111 Å². The van der Waals surface area contributed by atoms with E-state index in [4.69, 9.17) is 0 Å². The third-order valence-corrected chi connectivity index (χ3v) is 3.05. The van der Waals surface area contributed by atoms with Crippen molar-refractivity contribution in [3.8, 4) is 11.4 Å². The molecule has 7 heteroatoms. The summed E-state index contributed by atoms with van der Waals surface area (Å²) in [5.74, 6) is -0.0532. The lowest BCUT2D eigenvalue weighted by atomic mass is 10.2. The van der Waals surface area contributed by atoms with Gasteiger partial charge in [0.05, 0.1) is 0 Å². The number of nitrogens with one attached hydrogen (secondary N) is 2. The Morgan fingerprint density at radius 1 is 1.30 bits per heavy atom. The van der Waals surface area contributed by atoms with Gasteiger partial charge in [0.1, 0.15) is 17.2 Å². The Bertz CT molecular complexity index is 907. The Kier molecular flexibility index (Phi) is 2.74. The van der Waals surface area contributed by atoms with Crippen LogP contribution in [0.25, 0.3) is 22.6 Å². The minimum Gasteiger partial charge on any atom is -0.332 e. The van der Waals surface area contributed by atoms with Crippen molar-refractivity contribution in [3.05, 3.63) is 50.9 Å². The summed E-state index contributed by atoms with van der Waals surface area (Å²) >= 11 is 0. The van der Waals surface area contributed by atoms with Crippen LogP contribution >= 0.6 is 0 Å². The van der Waals surface area contributed by atoms with Crippen LogP contribution in [0.4, 0.5) is 4.39 Å². The number of H-pyrrole nitrogens is 2. The molecule has 0 amide bonds. The fourth-order valence-electron chi connectivity index (χ4n) is 2.11. The quantitative estimate of drug-likeness (QED) is 0.737. The molecule has 0 saturated carbocycles. The molecule has 0 saturated heterocycles. The second kappa shape index (κ2) is 4.44. The van der Waals surface area contributed by atoms with Gasteiger partial charge in [-0.05, 0) is 19.1 Å². The van der Waals surface area contributed by atoms with E-state index in [2.05, 4.69) is 15.0 Å². The number of halogens is 1. The lowest BCUT2D eigenvalue weighted by Gasteiger charge is -1.99. The lowest BCUT2D eigenvalue weighted by molar-refractivity contribution is 0.628. The van der Waals surface area contributed by atoms with E-state index >= 15 is 0 Å². The first-order chi connectivity index (χ1) is 9.60. The van der Waals surface area contributed by atoms with E-state index in [0.717, 1.165) is 0 Å². The number of fused-ring (bicyclic) bond motifs is 1. The molecular weight excluding hydrogens is 263 g/mol. The van der Waals surface area contributed by atoms with E-state index in [0.29, 0.717) is 17.9 Å². The van der Waals surface area contributed by atoms with E-state index < -0.39 is 17.1 Å². The number of nitrogens with zero attached hydrogens (tertiary/aromatic N) is 2. The smallest absolute Gasteiger partial charge is 0.330 e. The summed E-state index contributed by atoms with van der Waals surface area (Å²) in [4.78, 5) is 32.7. The zero-order valence-corrected chi connectivity index (χ0v) is 10.6. The Hall–Kier alpha value is -2.70. The number of benzene rings is 1. The summed E-state index contributed by atoms with van der Waals surface area (Å²) < 4.78 is 14.6. The Morgan fingerprint density at radius 3 is 2.80 bits per heavy atom. The van der Waals surface area contributed by atoms with E-state index in [1.54, 1.807) is 19.1 Å². The first-order valence-corrected chi connectivity index (χ1v) is 6.09. The number of hydrogen-bond acceptors (Lipinski definition) is 3. The number of hydrogen-bond donors (Lipinski definition) is 2. The van der Waals surface area contributed by atoms with Crippen LogP contribution < -0.4 is 11.2 Å². The van der Waals surface area contributed by atoms with Gasteiger partial charge in [-0.1, -0.05) is 12.1 Å². The van der Waals surface area contributed by atoms with Crippen molar-refractivity contribution in [2.24, 2.45) is 0 Å². The average Bonchev–Trinajstić information content (AvgIpc) is 2.84. The topological polar surface area (TPSA) is 83.5 Å². The van der Waals surface area contributed by atoms with Gasteiger partial charge in [-0.25, -0.2) is 14.2 Å². The van der Waals surface area contributed by atoms with Crippen LogP contribution in [0.2, 0.25) is 0 Å². The van der Waals surface area contributed by atoms with E-state index in [-0.39, 0.29) is 11.2 Å². The summed E-state index contributed by atoms with van der Waals surface area (Å²) in [6.45, 7) is 2.15. The number of aryl methyl sites for hydroxylation is 1. The molecule has 2 aromatic heterocycles. The maximum absolute atomic E-state index is 13.2. The molecule has 0 unspecified atom stereocenters. The van der Waals surface area contributed by atoms with Crippen molar-refractivity contribution in [1.82, 2.24) is 19.5 Å². The third kappa shape index (κ3) is 1.83. The standard InChI is InChI=1S/C13H11FN4O2/c1-2-18-11-9(12(19)17-13(18)20)15-10(16-11)7-4-3-5-8(14)6-7/h3-6H,2H2,1H3,(H,15,16)(H,17,19,20). The summed E-state index contributed by atoms with van der Waals surface area (Å²) in [7, 11) is 0. The number of aromatic nitrogens is 4. The normalized spacial score (nSPS) is 11.1. The molecule has 1 aromatic carbocycles. The highest BCUT2D eigenvalue weighted by Crippen LogP contribution is 2.18. The highest BCUT2D eigenvalue weighted by Gasteiger charge is 2.13. The molecule has 2 heterocycles. The maximum atomic E-state index is 13.2. The summed E-state index contributed by atoms with van der Waals surface area (Å²) in [6, 6.07) is 5.85. The molecular formula is C13H11FN4O2. The van der Waals surface area contributed by atoms with Crippen LogP contribution in [0.1, 0.15) is 6.92 Å². The molecule has 0 aliphatic carbocycles. The fourth-order valence-corrected chi connectivity index (χ4v) is 2.11. The second-order valence-electron chi connectivity index (χ2n) is 4.30. The highest BCUT2D eigenvalue weighted by atomic mass is 19.1. The van der Waals surface area contributed by atoms with Gasteiger partial charge in [0.15, 0.2) is 5.65 Å². The fraction of sp³-hybridized carbons (Fsp3) is 0.154. The first kappa shape index (κ1) is 12.3. The van der Waals surface area contributed by atoms with Gasteiger partial charge >= 0.3 is 5.69 Å². The predicted octanol–water partition coefficient (Wildman–Crippen LogP) is 1.24. The van der Waals surface area contributed by atoms with E-state index in [1.165, 1.54) is 16.7 Å². The van der Waals surface area contributed by atoms with Gasteiger partial charge in [0.25, 0.3) is 5.56 Å². The van der Waals surface area contributed by atoms with Gasteiger partial charge in [-0.2, -0.15) is 0 Å². The molecule has 0 aliphatic rings. The molecule has 0 bridgehead atoms. The Balaban J connectivity index is 2.33. The SMILES string of the molecule is CCn1c(=O)[nH]c(=O)c2[nH]c(-c3cccc(F)c3)nc21. The van der Waals surface area contributed by atoms with Gasteiger partial charge in [0, 0.05) is 12.1 Å². The molecule has 102 valence electrons. The van der Waals surface area contributed by atoms with Crippen LogP contribution in [0, 0.1) is 5.82 Å². The number of rotatable bonds is 2. The molecule has 0 fully saturated rings. The number of imidazole rings is 1. The lowest BCUT2D eigenvalue weighted by Crippen LogP contribution is -2.29. The van der Waals surface area contributed by atoms with Crippen molar-refractivity contribution < 1.29 is 4.39 Å². The van der Waals surface area contributed by atoms with Crippen LogP contribution in [-0.4, -0.2) is 19.5 Å². The molecule has 0 atom stereocenters. The molecule has 3 rings (SSSR count). The first-order valence-electron chi connectivity index (χ1n) is 6.09. The van der Waals surface area contributed by atoms with Crippen LogP contribution in [0.5, 0.6) is 0 Å². The summed E-state index contributed by atoms with van der Waals surface area (Å²) in [6.07, 6.45) is 0. The van der Waals surface area contributed by atoms with Gasteiger partial charge < -0.3 is 4.98 Å². The predicted molar refractivity (Wildman–Crippen MR) is 72.0 cm³/mol. The van der Waals surface area contributed by atoms with Crippen LogP contribution in [0.3, 0.4) is 0 Å². The van der Waals surface area contributed by atoms with Gasteiger partial charge in [0.2, 0.25) is 0 Å². The molecule has 0 radical (unpaired) electrons. The van der Waals surface area contributed by atoms with E-state index in [9.17, 15) is 14.0 Å². The zero-order valence-electron chi connectivity index (χ0n) is 10.6. The molecule has 6 nitrogen and oxygen atoms in total. The highest BCUT2D eigenvalue weighted by molar-refractivity contribution is 5.75.